The van der Waals surface area contributed by atoms with Crippen LogP contribution in [0.3, 0.4) is 0 Å². The summed E-state index contributed by atoms with van der Waals surface area (Å²) in [5.41, 5.74) is 0.417. The van der Waals surface area contributed by atoms with Crippen LogP contribution in [0, 0.1) is 5.41 Å². The minimum Gasteiger partial charge on any atom is -0.458 e. The molecule has 2 rings (SSSR count). The number of cyclic esters (lactones) is 1. The van der Waals surface area contributed by atoms with Gasteiger partial charge in [-0.25, -0.2) is 0 Å². The van der Waals surface area contributed by atoms with Crippen LogP contribution in [0.15, 0.2) is 35.5 Å². The highest BCUT2D eigenvalue weighted by Gasteiger charge is 2.55. The van der Waals surface area contributed by atoms with Crippen LogP contribution in [0.1, 0.15) is 39.5 Å². The van der Waals surface area contributed by atoms with Crippen LogP contribution in [-0.4, -0.2) is 53.4 Å². The van der Waals surface area contributed by atoms with E-state index in [0.717, 1.165) is 5.57 Å². The molecule has 3 atom stereocenters. The third-order valence-electron chi connectivity index (χ3n) is 4.91. The van der Waals surface area contributed by atoms with Crippen LogP contribution >= 0.6 is 0 Å². The summed E-state index contributed by atoms with van der Waals surface area (Å²) in [5.74, 6) is -1.09. The van der Waals surface area contributed by atoms with Crippen LogP contribution in [0.25, 0.3) is 0 Å². The summed E-state index contributed by atoms with van der Waals surface area (Å²) in [5, 5.41) is 18.1. The first-order chi connectivity index (χ1) is 12.8. The normalized spacial score (nSPS) is 27.6. The summed E-state index contributed by atoms with van der Waals surface area (Å²) >= 11 is 0. The van der Waals surface area contributed by atoms with Gasteiger partial charge in [0.15, 0.2) is 5.78 Å². The molecule has 7 nitrogen and oxygen atoms in total. The Kier molecular flexibility index (Phi) is 7.10. The van der Waals surface area contributed by atoms with Gasteiger partial charge in [0.2, 0.25) is 0 Å². The third-order valence-corrected chi connectivity index (χ3v) is 4.91. The monoisotopic (exact) mass is 378 g/mol. The molecule has 27 heavy (non-hydrogen) atoms. The number of allylic oxidation sites excluding steroid dienone is 3. The largest absolute Gasteiger partial charge is 0.458 e. The predicted molar refractivity (Wildman–Crippen MR) is 96.5 cm³/mol. The number of carbonyl (C=O) groups excluding carboxylic acids is 3. The molecule has 1 aliphatic heterocycles. The molecule has 148 valence electrons. The van der Waals surface area contributed by atoms with Crippen LogP contribution in [0.2, 0.25) is 0 Å². The van der Waals surface area contributed by atoms with Gasteiger partial charge in [0, 0.05) is 13.3 Å². The minimum atomic E-state index is -1.05. The number of hydrogen-bond acceptors (Lipinski definition) is 7. The summed E-state index contributed by atoms with van der Waals surface area (Å²) in [4.78, 5) is 35.8. The summed E-state index contributed by atoms with van der Waals surface area (Å²) in [6.07, 6.45) is 6.58. The Labute approximate surface area is 158 Å². The lowest BCUT2D eigenvalue weighted by Crippen LogP contribution is -2.43. The van der Waals surface area contributed by atoms with Crippen LogP contribution in [-0.2, 0) is 23.9 Å². The molecule has 0 aromatic rings. The smallest absolute Gasteiger partial charge is 0.307 e. The van der Waals surface area contributed by atoms with Crippen molar-refractivity contribution in [3.05, 3.63) is 35.5 Å². The zero-order valence-electron chi connectivity index (χ0n) is 15.6. The fourth-order valence-electron chi connectivity index (χ4n) is 3.47. The minimum absolute atomic E-state index is 0.0402. The quantitative estimate of drug-likeness (QED) is 0.509. The standard InChI is InChI=1S/C20H26O7/c1-13(4-3-5-15(11-21)12-22)8-18-20(10-19(25)27-18)9-16(26-14(2)23)6-7-17(20)24/h5-8,16,18,21-22H,3-4,9-12H2,1-2H3/b13-8+/t16-,18-,20+/m1/s1. The molecule has 1 spiro atoms. The Morgan fingerprint density at radius 2 is 2.04 bits per heavy atom. The van der Waals surface area contributed by atoms with Crippen molar-refractivity contribution in [2.75, 3.05) is 13.2 Å². The Bertz CT molecular complexity index is 682. The second kappa shape index (κ2) is 9.10. The van der Waals surface area contributed by atoms with Crippen LogP contribution < -0.4 is 0 Å². The lowest BCUT2D eigenvalue weighted by atomic mass is 9.69. The molecule has 0 bridgehead atoms. The van der Waals surface area contributed by atoms with E-state index in [1.807, 2.05) is 6.92 Å². The molecule has 1 heterocycles. The van der Waals surface area contributed by atoms with E-state index < -0.39 is 29.6 Å². The molecular formula is C20H26O7. The highest BCUT2D eigenvalue weighted by atomic mass is 16.6. The fraction of sp³-hybridized carbons (Fsp3) is 0.550. The molecule has 1 aliphatic carbocycles. The Morgan fingerprint density at radius 1 is 1.33 bits per heavy atom. The summed E-state index contributed by atoms with van der Waals surface area (Å²) in [6, 6.07) is 0. The average Bonchev–Trinajstić information content (AvgIpc) is 2.90. The van der Waals surface area contributed by atoms with E-state index in [4.69, 9.17) is 19.7 Å². The van der Waals surface area contributed by atoms with Crippen molar-refractivity contribution in [2.24, 2.45) is 5.41 Å². The number of ketones is 1. The van der Waals surface area contributed by atoms with Crippen molar-refractivity contribution in [3.8, 4) is 0 Å². The molecule has 2 aliphatic rings. The van der Waals surface area contributed by atoms with Gasteiger partial charge in [-0.05, 0) is 43.6 Å². The van der Waals surface area contributed by atoms with Crippen molar-refractivity contribution in [2.45, 2.75) is 51.7 Å². The van der Waals surface area contributed by atoms with E-state index in [1.165, 1.54) is 13.0 Å². The summed E-state index contributed by atoms with van der Waals surface area (Å²) in [6.45, 7) is 2.79. The van der Waals surface area contributed by atoms with Crippen molar-refractivity contribution < 1.29 is 34.1 Å². The van der Waals surface area contributed by atoms with Crippen molar-refractivity contribution in [1.82, 2.24) is 0 Å². The lowest BCUT2D eigenvalue weighted by Gasteiger charge is -2.34. The highest BCUT2D eigenvalue weighted by molar-refractivity contribution is 6.00. The van der Waals surface area contributed by atoms with E-state index in [9.17, 15) is 14.4 Å². The SMILES string of the molecule is CC(=O)O[C@@H]1C=CC(=O)[C@@]2(CC(=O)O[C@@H]2/C=C(\C)CCC=C(CO)CO)C1. The Balaban J connectivity index is 2.15. The number of carbonyl (C=O) groups is 3. The van der Waals surface area contributed by atoms with E-state index in [1.54, 1.807) is 18.2 Å². The maximum Gasteiger partial charge on any atom is 0.307 e. The Morgan fingerprint density at radius 3 is 2.67 bits per heavy atom. The number of aliphatic hydroxyl groups is 2. The first-order valence-corrected chi connectivity index (χ1v) is 8.97. The van der Waals surface area contributed by atoms with E-state index in [2.05, 4.69) is 0 Å². The van der Waals surface area contributed by atoms with Crippen LogP contribution in [0.4, 0.5) is 0 Å². The lowest BCUT2D eigenvalue weighted by molar-refractivity contribution is -0.148. The second-order valence-electron chi connectivity index (χ2n) is 7.05. The molecule has 7 heteroatoms. The van der Waals surface area contributed by atoms with Gasteiger partial charge in [0.1, 0.15) is 12.2 Å². The van der Waals surface area contributed by atoms with Gasteiger partial charge in [-0.2, -0.15) is 0 Å². The van der Waals surface area contributed by atoms with E-state index >= 15 is 0 Å². The van der Waals surface area contributed by atoms with E-state index in [0.29, 0.717) is 18.4 Å². The fourth-order valence-corrected chi connectivity index (χ4v) is 3.47. The number of ether oxygens (including phenoxy) is 2. The van der Waals surface area contributed by atoms with Crippen molar-refractivity contribution >= 4 is 17.7 Å². The predicted octanol–water partition coefficient (Wildman–Crippen LogP) is 1.39. The number of esters is 2. The topological polar surface area (TPSA) is 110 Å². The molecular weight excluding hydrogens is 352 g/mol. The molecule has 0 unspecified atom stereocenters. The van der Waals surface area contributed by atoms with Crippen molar-refractivity contribution in [1.29, 1.82) is 0 Å². The van der Waals surface area contributed by atoms with E-state index in [-0.39, 0.29) is 31.8 Å². The second-order valence-corrected chi connectivity index (χ2v) is 7.05. The first-order valence-electron chi connectivity index (χ1n) is 8.97. The molecule has 0 radical (unpaired) electrons. The summed E-state index contributed by atoms with van der Waals surface area (Å²) < 4.78 is 10.6. The molecule has 1 fully saturated rings. The van der Waals surface area contributed by atoms with Gasteiger partial charge in [0.05, 0.1) is 25.0 Å². The summed E-state index contributed by atoms with van der Waals surface area (Å²) in [7, 11) is 0. The molecule has 0 aromatic heterocycles. The highest BCUT2D eigenvalue weighted by Crippen LogP contribution is 2.45. The Hall–Kier alpha value is -2.25. The van der Waals surface area contributed by atoms with Crippen molar-refractivity contribution in [3.63, 3.8) is 0 Å². The van der Waals surface area contributed by atoms with Gasteiger partial charge in [-0.3, -0.25) is 14.4 Å². The maximum atomic E-state index is 12.6. The zero-order valence-corrected chi connectivity index (χ0v) is 15.6. The number of rotatable bonds is 7. The first kappa shape index (κ1) is 21.1. The average molecular weight is 378 g/mol. The van der Waals surface area contributed by atoms with Gasteiger partial charge < -0.3 is 19.7 Å². The molecule has 0 saturated carbocycles. The number of aliphatic hydroxyl groups excluding tert-OH is 2. The molecule has 2 N–H and O–H groups in total. The zero-order chi connectivity index (χ0) is 20.0. The van der Waals surface area contributed by atoms with Gasteiger partial charge in [-0.15, -0.1) is 0 Å². The van der Waals surface area contributed by atoms with Gasteiger partial charge >= 0.3 is 11.9 Å². The molecule has 0 aromatic carbocycles. The number of hydrogen-bond donors (Lipinski definition) is 2. The van der Waals surface area contributed by atoms with Gasteiger partial charge in [-0.1, -0.05) is 11.6 Å². The van der Waals surface area contributed by atoms with Crippen LogP contribution in [0.5, 0.6) is 0 Å². The van der Waals surface area contributed by atoms with Gasteiger partial charge in [0.25, 0.3) is 0 Å². The maximum absolute atomic E-state index is 12.6. The molecule has 1 saturated heterocycles. The molecule has 0 amide bonds. The third kappa shape index (κ3) is 5.14.